The molecule has 2 heterocycles. The standard InChI is InChI=1S/C10H11FN2O2/c11-8-1-3-12-9(5-8)13-4-2-7(6-13)10(14)15/h1,3,5,7H,2,4,6H2,(H,14,15)/t7-/m0/s1. The molecule has 1 aliphatic heterocycles. The summed E-state index contributed by atoms with van der Waals surface area (Å²) in [6.45, 7) is 1.03. The minimum Gasteiger partial charge on any atom is -0.481 e. The highest BCUT2D eigenvalue weighted by Crippen LogP contribution is 2.22. The van der Waals surface area contributed by atoms with Crippen LogP contribution in [0.15, 0.2) is 18.3 Å². The minimum atomic E-state index is -0.797. The predicted molar refractivity (Wildman–Crippen MR) is 52.2 cm³/mol. The Morgan fingerprint density at radius 2 is 2.47 bits per heavy atom. The molecule has 15 heavy (non-hydrogen) atoms. The van der Waals surface area contributed by atoms with Gasteiger partial charge in [-0.3, -0.25) is 4.79 Å². The Hall–Kier alpha value is -1.65. The monoisotopic (exact) mass is 210 g/mol. The second kappa shape index (κ2) is 3.84. The number of hydrogen-bond donors (Lipinski definition) is 1. The van der Waals surface area contributed by atoms with E-state index in [9.17, 15) is 9.18 Å². The highest BCUT2D eigenvalue weighted by Gasteiger charge is 2.28. The Kier molecular flexibility index (Phi) is 2.53. The van der Waals surface area contributed by atoms with Gasteiger partial charge in [0.1, 0.15) is 11.6 Å². The first-order chi connectivity index (χ1) is 7.16. The molecule has 1 aromatic heterocycles. The van der Waals surface area contributed by atoms with E-state index in [2.05, 4.69) is 4.98 Å². The molecule has 1 atom stereocenters. The zero-order valence-corrected chi connectivity index (χ0v) is 8.06. The van der Waals surface area contributed by atoms with Crippen LogP contribution in [-0.4, -0.2) is 29.1 Å². The maximum absolute atomic E-state index is 12.9. The van der Waals surface area contributed by atoms with Crippen molar-refractivity contribution in [3.8, 4) is 0 Å². The molecule has 5 heteroatoms. The predicted octanol–water partition coefficient (Wildman–Crippen LogP) is 1.13. The number of carboxylic acid groups (broad SMARTS) is 1. The van der Waals surface area contributed by atoms with Crippen LogP contribution in [0.25, 0.3) is 0 Å². The quantitative estimate of drug-likeness (QED) is 0.795. The SMILES string of the molecule is O=C(O)[C@H]1CCN(c2cc(F)ccn2)C1. The molecule has 1 fully saturated rings. The number of hydrogen-bond acceptors (Lipinski definition) is 3. The van der Waals surface area contributed by atoms with Crippen LogP contribution in [0.3, 0.4) is 0 Å². The number of aromatic nitrogens is 1. The Morgan fingerprint density at radius 1 is 1.67 bits per heavy atom. The van der Waals surface area contributed by atoms with Crippen LogP contribution in [0, 0.1) is 11.7 Å². The van der Waals surface area contributed by atoms with Crippen LogP contribution < -0.4 is 4.90 Å². The summed E-state index contributed by atoms with van der Waals surface area (Å²) in [5, 5.41) is 8.81. The molecule has 1 aromatic rings. The average molecular weight is 210 g/mol. The third kappa shape index (κ3) is 2.06. The van der Waals surface area contributed by atoms with Crippen molar-refractivity contribution < 1.29 is 14.3 Å². The Morgan fingerprint density at radius 3 is 3.07 bits per heavy atom. The molecule has 2 rings (SSSR count). The number of carboxylic acids is 1. The van der Waals surface area contributed by atoms with Gasteiger partial charge in [0, 0.05) is 25.4 Å². The van der Waals surface area contributed by atoms with Gasteiger partial charge in [0.25, 0.3) is 0 Å². The fraction of sp³-hybridized carbons (Fsp3) is 0.400. The highest BCUT2D eigenvalue weighted by molar-refractivity contribution is 5.71. The van der Waals surface area contributed by atoms with Crippen molar-refractivity contribution in [1.29, 1.82) is 0 Å². The minimum absolute atomic E-state index is 0.348. The van der Waals surface area contributed by atoms with Gasteiger partial charge in [-0.2, -0.15) is 0 Å². The number of carbonyl (C=O) groups is 1. The molecule has 0 bridgehead atoms. The average Bonchev–Trinajstić information content (AvgIpc) is 2.66. The summed E-state index contributed by atoms with van der Waals surface area (Å²) in [5.41, 5.74) is 0. The number of halogens is 1. The second-order valence-electron chi connectivity index (χ2n) is 3.60. The summed E-state index contributed by atoms with van der Waals surface area (Å²) in [7, 11) is 0. The van der Waals surface area contributed by atoms with Crippen LogP contribution in [0.4, 0.5) is 10.2 Å². The molecule has 0 spiro atoms. The van der Waals surface area contributed by atoms with Gasteiger partial charge in [-0.25, -0.2) is 9.37 Å². The van der Waals surface area contributed by atoms with E-state index in [1.54, 1.807) is 4.90 Å². The van der Waals surface area contributed by atoms with Gasteiger partial charge < -0.3 is 10.0 Å². The molecule has 0 amide bonds. The molecular formula is C10H11FN2O2. The Balaban J connectivity index is 2.11. The lowest BCUT2D eigenvalue weighted by atomic mass is 10.1. The lowest BCUT2D eigenvalue weighted by Crippen LogP contribution is -2.23. The van der Waals surface area contributed by atoms with Gasteiger partial charge in [0.2, 0.25) is 0 Å². The zero-order chi connectivity index (χ0) is 10.8. The summed E-state index contributed by atoms with van der Waals surface area (Å²) in [6, 6.07) is 2.60. The van der Waals surface area contributed by atoms with Crippen LogP contribution in [0.2, 0.25) is 0 Å². The third-order valence-corrected chi connectivity index (χ3v) is 2.57. The smallest absolute Gasteiger partial charge is 0.308 e. The lowest BCUT2D eigenvalue weighted by molar-refractivity contribution is -0.140. The number of rotatable bonds is 2. The van der Waals surface area contributed by atoms with Crippen molar-refractivity contribution in [3.63, 3.8) is 0 Å². The van der Waals surface area contributed by atoms with Crippen LogP contribution in [-0.2, 0) is 4.79 Å². The number of pyridine rings is 1. The summed E-state index contributed by atoms with van der Waals surface area (Å²) >= 11 is 0. The maximum atomic E-state index is 12.9. The van der Waals surface area contributed by atoms with Gasteiger partial charge >= 0.3 is 5.97 Å². The fourth-order valence-corrected chi connectivity index (χ4v) is 1.74. The van der Waals surface area contributed by atoms with Crippen molar-refractivity contribution >= 4 is 11.8 Å². The topological polar surface area (TPSA) is 53.4 Å². The number of aliphatic carboxylic acids is 1. The third-order valence-electron chi connectivity index (χ3n) is 2.57. The molecular weight excluding hydrogens is 199 g/mol. The first kappa shape index (κ1) is 9.89. The van der Waals surface area contributed by atoms with Crippen LogP contribution >= 0.6 is 0 Å². The molecule has 1 aliphatic rings. The summed E-state index contributed by atoms with van der Waals surface area (Å²) in [6.07, 6.45) is 1.98. The largest absolute Gasteiger partial charge is 0.481 e. The van der Waals surface area contributed by atoms with Gasteiger partial charge in [0.15, 0.2) is 0 Å². The molecule has 0 aliphatic carbocycles. The molecule has 0 radical (unpaired) electrons. The van der Waals surface area contributed by atoms with E-state index in [4.69, 9.17) is 5.11 Å². The van der Waals surface area contributed by atoms with E-state index in [1.807, 2.05) is 0 Å². The summed E-state index contributed by atoms with van der Waals surface area (Å²) in [5.74, 6) is -0.999. The van der Waals surface area contributed by atoms with E-state index >= 15 is 0 Å². The van der Waals surface area contributed by atoms with Crippen LogP contribution in [0.5, 0.6) is 0 Å². The van der Waals surface area contributed by atoms with Crippen molar-refractivity contribution in [2.24, 2.45) is 5.92 Å². The van der Waals surface area contributed by atoms with E-state index in [1.165, 1.54) is 18.3 Å². The zero-order valence-electron chi connectivity index (χ0n) is 8.06. The van der Waals surface area contributed by atoms with Crippen molar-refractivity contribution in [2.45, 2.75) is 6.42 Å². The molecule has 0 saturated carbocycles. The maximum Gasteiger partial charge on any atom is 0.308 e. The molecule has 80 valence electrons. The van der Waals surface area contributed by atoms with Gasteiger partial charge in [-0.05, 0) is 12.5 Å². The van der Waals surface area contributed by atoms with E-state index in [0.29, 0.717) is 25.3 Å². The summed E-state index contributed by atoms with van der Waals surface area (Å²) < 4.78 is 12.9. The van der Waals surface area contributed by atoms with Gasteiger partial charge in [-0.15, -0.1) is 0 Å². The highest BCUT2D eigenvalue weighted by atomic mass is 19.1. The van der Waals surface area contributed by atoms with Crippen molar-refractivity contribution in [3.05, 3.63) is 24.1 Å². The van der Waals surface area contributed by atoms with E-state index in [-0.39, 0.29) is 11.7 Å². The van der Waals surface area contributed by atoms with Gasteiger partial charge in [0.05, 0.1) is 5.92 Å². The van der Waals surface area contributed by atoms with Crippen molar-refractivity contribution in [2.75, 3.05) is 18.0 Å². The lowest BCUT2D eigenvalue weighted by Gasteiger charge is -2.16. The number of anilines is 1. The first-order valence-electron chi connectivity index (χ1n) is 4.76. The summed E-state index contributed by atoms with van der Waals surface area (Å²) in [4.78, 5) is 16.5. The van der Waals surface area contributed by atoms with Gasteiger partial charge in [-0.1, -0.05) is 0 Å². The molecule has 0 unspecified atom stereocenters. The van der Waals surface area contributed by atoms with Crippen molar-refractivity contribution in [1.82, 2.24) is 4.98 Å². The molecule has 4 nitrogen and oxygen atoms in total. The number of nitrogens with zero attached hydrogens (tertiary/aromatic N) is 2. The van der Waals surface area contributed by atoms with Crippen LogP contribution in [0.1, 0.15) is 6.42 Å². The molecule has 1 N–H and O–H groups in total. The first-order valence-corrected chi connectivity index (χ1v) is 4.76. The van der Waals surface area contributed by atoms with E-state index in [0.717, 1.165) is 0 Å². The molecule has 1 saturated heterocycles. The normalized spacial score (nSPS) is 20.6. The fourth-order valence-electron chi connectivity index (χ4n) is 1.74. The second-order valence-corrected chi connectivity index (χ2v) is 3.60. The van der Waals surface area contributed by atoms with E-state index < -0.39 is 5.97 Å². The Labute approximate surface area is 86.4 Å². The Bertz CT molecular complexity index is 383. The molecule has 0 aromatic carbocycles.